The van der Waals surface area contributed by atoms with Crippen LogP contribution in [-0.2, 0) is 19.6 Å². The van der Waals surface area contributed by atoms with Gasteiger partial charge in [-0.25, -0.2) is 8.42 Å². The Balaban J connectivity index is 2.21. The minimum Gasteiger partial charge on any atom is -0.492 e. The maximum Gasteiger partial charge on any atom is 0.321 e. The highest BCUT2D eigenvalue weighted by molar-refractivity contribution is 7.89. The lowest BCUT2D eigenvalue weighted by atomic mass is 10.1. The first kappa shape index (κ1) is 18.0. The first-order chi connectivity index (χ1) is 10.8. The molecule has 1 aliphatic heterocycles. The molecule has 0 amide bonds. The third kappa shape index (κ3) is 4.81. The fourth-order valence-electron chi connectivity index (χ4n) is 2.08. The zero-order chi connectivity index (χ0) is 17.0. The van der Waals surface area contributed by atoms with Gasteiger partial charge in [-0.3, -0.25) is 4.79 Å². The molecule has 0 aromatic heterocycles. The summed E-state index contributed by atoms with van der Waals surface area (Å²) in [6.45, 7) is 2.79. The topological polar surface area (TPSA) is 102 Å². The second-order valence-electron chi connectivity index (χ2n) is 5.31. The maximum absolute atomic E-state index is 12.4. The molecule has 0 saturated carbocycles. The van der Waals surface area contributed by atoms with Gasteiger partial charge in [-0.05, 0) is 31.5 Å². The number of sulfonamides is 1. The van der Waals surface area contributed by atoms with Crippen LogP contribution in [0.15, 0.2) is 23.1 Å². The molecule has 2 unspecified atom stereocenters. The molecule has 1 fully saturated rings. The van der Waals surface area contributed by atoms with Crippen molar-refractivity contribution < 1.29 is 27.8 Å². The van der Waals surface area contributed by atoms with Crippen molar-refractivity contribution in [2.75, 3.05) is 19.8 Å². The predicted octanol–water partition coefficient (Wildman–Crippen LogP) is 1.51. The average molecular weight is 364 g/mol. The molecule has 7 nitrogen and oxygen atoms in total. The molecule has 128 valence electrons. The molecule has 0 spiro atoms. The van der Waals surface area contributed by atoms with Gasteiger partial charge in [-0.1, -0.05) is 11.6 Å². The van der Waals surface area contributed by atoms with Crippen molar-refractivity contribution in [1.82, 2.24) is 4.72 Å². The van der Waals surface area contributed by atoms with Crippen LogP contribution in [0.1, 0.15) is 13.3 Å². The van der Waals surface area contributed by atoms with Gasteiger partial charge in [0.15, 0.2) is 0 Å². The summed E-state index contributed by atoms with van der Waals surface area (Å²) in [5.41, 5.74) is 0. The molecule has 1 saturated heterocycles. The first-order valence-electron chi connectivity index (χ1n) is 7.05. The number of ether oxygens (including phenoxy) is 2. The number of carbonyl (C=O) groups is 1. The van der Waals surface area contributed by atoms with Crippen molar-refractivity contribution in [3.8, 4) is 5.75 Å². The van der Waals surface area contributed by atoms with E-state index in [1.807, 2.05) is 0 Å². The summed E-state index contributed by atoms with van der Waals surface area (Å²) in [5, 5.41) is 9.08. The zero-order valence-corrected chi connectivity index (χ0v) is 14.1. The van der Waals surface area contributed by atoms with Gasteiger partial charge in [0.25, 0.3) is 0 Å². The number of halogens is 1. The van der Waals surface area contributed by atoms with Crippen molar-refractivity contribution in [3.63, 3.8) is 0 Å². The molecular formula is C14H18ClNO6S. The van der Waals surface area contributed by atoms with Crippen molar-refractivity contribution >= 4 is 27.6 Å². The molecule has 0 radical (unpaired) electrons. The van der Waals surface area contributed by atoms with Gasteiger partial charge in [0.05, 0.1) is 13.2 Å². The van der Waals surface area contributed by atoms with E-state index < -0.39 is 22.0 Å². The lowest BCUT2D eigenvalue weighted by Crippen LogP contribution is -2.38. The summed E-state index contributed by atoms with van der Waals surface area (Å²) in [6, 6.07) is 2.94. The van der Waals surface area contributed by atoms with Gasteiger partial charge < -0.3 is 14.6 Å². The Morgan fingerprint density at radius 3 is 2.91 bits per heavy atom. The minimum atomic E-state index is -4.07. The van der Waals surface area contributed by atoms with Crippen LogP contribution in [0.2, 0.25) is 5.02 Å². The number of benzene rings is 1. The van der Waals surface area contributed by atoms with E-state index in [1.165, 1.54) is 25.1 Å². The molecule has 0 aliphatic carbocycles. The summed E-state index contributed by atoms with van der Waals surface area (Å²) in [7, 11) is -4.07. The van der Waals surface area contributed by atoms with Gasteiger partial charge in [0.2, 0.25) is 10.0 Å². The number of carboxylic acid groups (broad SMARTS) is 1. The molecule has 1 aromatic carbocycles. The van der Waals surface area contributed by atoms with Crippen molar-refractivity contribution in [2.24, 2.45) is 5.92 Å². The lowest BCUT2D eigenvalue weighted by molar-refractivity contribution is -0.138. The molecule has 2 atom stereocenters. The lowest BCUT2D eigenvalue weighted by Gasteiger charge is -2.16. The fourth-order valence-corrected chi connectivity index (χ4v) is 3.68. The monoisotopic (exact) mass is 363 g/mol. The Morgan fingerprint density at radius 1 is 1.57 bits per heavy atom. The highest BCUT2D eigenvalue weighted by Gasteiger charge is 2.26. The Bertz CT molecular complexity index is 672. The van der Waals surface area contributed by atoms with Crippen LogP contribution >= 0.6 is 11.6 Å². The maximum atomic E-state index is 12.4. The van der Waals surface area contributed by atoms with E-state index in [2.05, 4.69) is 4.72 Å². The van der Waals surface area contributed by atoms with Gasteiger partial charge in [-0.15, -0.1) is 0 Å². The number of carboxylic acids is 1. The summed E-state index contributed by atoms with van der Waals surface area (Å²) in [6.07, 6.45) is 0.851. The van der Waals surface area contributed by atoms with Crippen molar-refractivity contribution in [3.05, 3.63) is 23.2 Å². The van der Waals surface area contributed by atoms with E-state index >= 15 is 0 Å². The Hall–Kier alpha value is -1.35. The van der Waals surface area contributed by atoms with Gasteiger partial charge in [-0.2, -0.15) is 4.72 Å². The smallest absolute Gasteiger partial charge is 0.321 e. The van der Waals surface area contributed by atoms with E-state index in [0.29, 0.717) is 19.8 Å². The number of hydrogen-bond donors (Lipinski definition) is 2. The van der Waals surface area contributed by atoms with Crippen LogP contribution < -0.4 is 9.46 Å². The summed E-state index contributed by atoms with van der Waals surface area (Å²) >= 11 is 5.87. The molecular weight excluding hydrogens is 346 g/mol. The minimum absolute atomic E-state index is 0.131. The highest BCUT2D eigenvalue weighted by Crippen LogP contribution is 2.28. The van der Waals surface area contributed by atoms with Crippen LogP contribution in [0.4, 0.5) is 0 Å². The van der Waals surface area contributed by atoms with Gasteiger partial charge >= 0.3 is 5.97 Å². The Morgan fingerprint density at radius 2 is 2.30 bits per heavy atom. The molecule has 23 heavy (non-hydrogen) atoms. The average Bonchev–Trinajstić information content (AvgIpc) is 2.98. The van der Waals surface area contributed by atoms with E-state index in [-0.39, 0.29) is 21.6 Å². The quantitative estimate of drug-likeness (QED) is 0.761. The first-order valence-corrected chi connectivity index (χ1v) is 8.91. The fraction of sp³-hybridized carbons (Fsp3) is 0.500. The van der Waals surface area contributed by atoms with E-state index in [9.17, 15) is 13.2 Å². The van der Waals surface area contributed by atoms with Crippen LogP contribution in [-0.4, -0.2) is 45.4 Å². The summed E-state index contributed by atoms with van der Waals surface area (Å²) < 4.78 is 37.7. The van der Waals surface area contributed by atoms with E-state index in [0.717, 1.165) is 6.42 Å². The number of aliphatic carboxylic acids is 1. The standard InChI is InChI=1S/C14H18ClNO6S/c1-9(14(17)18)16-23(19,20)13-6-11(15)2-3-12(13)22-8-10-4-5-21-7-10/h2-3,6,9-10,16H,4-5,7-8H2,1H3,(H,17,18). The SMILES string of the molecule is CC(NS(=O)(=O)c1cc(Cl)ccc1OCC1CCOC1)C(=O)O. The normalized spacial score (nSPS) is 19.5. The van der Waals surface area contributed by atoms with Crippen molar-refractivity contribution in [2.45, 2.75) is 24.3 Å². The predicted molar refractivity (Wildman–Crippen MR) is 83.3 cm³/mol. The molecule has 1 aromatic rings. The molecule has 2 rings (SSSR count). The van der Waals surface area contributed by atoms with Crippen LogP contribution in [0.25, 0.3) is 0 Å². The van der Waals surface area contributed by atoms with E-state index in [4.69, 9.17) is 26.2 Å². The molecule has 1 heterocycles. The second-order valence-corrected chi connectivity index (χ2v) is 7.43. The third-order valence-electron chi connectivity index (χ3n) is 3.40. The largest absolute Gasteiger partial charge is 0.492 e. The van der Waals surface area contributed by atoms with Crippen LogP contribution in [0.5, 0.6) is 5.75 Å². The van der Waals surface area contributed by atoms with Crippen LogP contribution in [0, 0.1) is 5.92 Å². The zero-order valence-electron chi connectivity index (χ0n) is 12.5. The number of rotatable bonds is 7. The second kappa shape index (κ2) is 7.48. The molecule has 1 aliphatic rings. The van der Waals surface area contributed by atoms with E-state index in [1.54, 1.807) is 0 Å². The van der Waals surface area contributed by atoms with Gasteiger partial charge in [0.1, 0.15) is 16.7 Å². The molecule has 9 heteroatoms. The number of hydrogen-bond acceptors (Lipinski definition) is 5. The van der Waals surface area contributed by atoms with Crippen LogP contribution in [0.3, 0.4) is 0 Å². The summed E-state index contributed by atoms with van der Waals surface area (Å²) in [5.74, 6) is -0.945. The molecule has 0 bridgehead atoms. The Kier molecular flexibility index (Phi) is 5.85. The van der Waals surface area contributed by atoms with Gasteiger partial charge in [0, 0.05) is 17.5 Å². The Labute approximate surface area is 139 Å². The third-order valence-corrected chi connectivity index (χ3v) is 5.19. The number of nitrogens with one attached hydrogen (secondary N) is 1. The highest BCUT2D eigenvalue weighted by atomic mass is 35.5. The summed E-state index contributed by atoms with van der Waals surface area (Å²) in [4.78, 5) is 10.7. The van der Waals surface area contributed by atoms with Crippen molar-refractivity contribution in [1.29, 1.82) is 0 Å². The molecule has 2 N–H and O–H groups in total.